The fourth-order valence-electron chi connectivity index (χ4n) is 7.22. The molecule has 67 heavy (non-hydrogen) atoms. The second-order valence-corrected chi connectivity index (χ2v) is 19.8. The van der Waals surface area contributed by atoms with Gasteiger partial charge < -0.3 is 14.4 Å². The van der Waals surface area contributed by atoms with Crippen LogP contribution < -0.4 is 27.2 Å². The Morgan fingerprint density at radius 2 is 1.03 bits per heavy atom. The number of aryl methyl sites for hydroxylation is 6. The van der Waals surface area contributed by atoms with E-state index in [0.29, 0.717) is 74.5 Å². The zero-order valence-electron chi connectivity index (χ0n) is 39.3. The lowest BCUT2D eigenvalue weighted by molar-refractivity contribution is 0.414. The van der Waals surface area contributed by atoms with Crippen molar-refractivity contribution in [1.82, 2.24) is 37.4 Å². The summed E-state index contributed by atoms with van der Waals surface area (Å²) in [5.74, 6) is 0.949. The minimum atomic E-state index is -0.434. The Labute approximate surface area is 406 Å². The van der Waals surface area contributed by atoms with E-state index in [0.717, 1.165) is 25.8 Å². The summed E-state index contributed by atoms with van der Waals surface area (Å²) in [4.78, 5) is 58.7. The number of phenolic OH excluding ortho intramolecular Hbond substituents is 1. The fourth-order valence-corrected chi connectivity index (χ4v) is 8.00. The van der Waals surface area contributed by atoms with Crippen molar-refractivity contribution in [3.8, 4) is 17.5 Å². The summed E-state index contributed by atoms with van der Waals surface area (Å²) in [5.41, 5.74) is 4.48. The number of hydrogen-bond donors (Lipinski definition) is 1. The molecular formula is C50H55BrCl2N8O6. The number of imidazole rings is 2. The van der Waals surface area contributed by atoms with Crippen molar-refractivity contribution in [2.24, 2.45) is 28.2 Å². The van der Waals surface area contributed by atoms with Crippen LogP contribution in [0.5, 0.6) is 17.5 Å². The van der Waals surface area contributed by atoms with Crippen LogP contribution in [0, 0.1) is 0 Å². The van der Waals surface area contributed by atoms with E-state index in [1.807, 2.05) is 84.9 Å². The molecule has 4 aromatic carbocycles. The maximum Gasteiger partial charge on any atom is 0.332 e. The van der Waals surface area contributed by atoms with Crippen molar-refractivity contribution in [3.63, 3.8) is 0 Å². The van der Waals surface area contributed by atoms with Crippen molar-refractivity contribution < 1.29 is 9.84 Å². The van der Waals surface area contributed by atoms with Gasteiger partial charge in [-0.2, -0.15) is 4.98 Å². The predicted molar refractivity (Wildman–Crippen MR) is 270 cm³/mol. The van der Waals surface area contributed by atoms with E-state index in [1.54, 1.807) is 35.4 Å². The summed E-state index contributed by atoms with van der Waals surface area (Å²) in [5, 5.41) is 10.5. The number of benzene rings is 4. The minimum absolute atomic E-state index is 0.0226. The molecule has 0 aliphatic carbocycles. The number of aromatic hydroxyl groups is 1. The van der Waals surface area contributed by atoms with Crippen molar-refractivity contribution >= 4 is 61.5 Å². The molecule has 352 valence electrons. The van der Waals surface area contributed by atoms with E-state index in [4.69, 9.17) is 27.9 Å². The van der Waals surface area contributed by atoms with E-state index >= 15 is 0 Å². The number of fused-ring (bicyclic) bond motifs is 2. The highest BCUT2D eigenvalue weighted by Gasteiger charge is 2.22. The summed E-state index contributed by atoms with van der Waals surface area (Å²) in [6.45, 7) is 13.8. The van der Waals surface area contributed by atoms with Crippen LogP contribution in [-0.4, -0.2) is 42.5 Å². The normalized spacial score (nSPS) is 11.6. The van der Waals surface area contributed by atoms with Gasteiger partial charge in [0.1, 0.15) is 11.5 Å². The third-order valence-corrected chi connectivity index (χ3v) is 12.4. The Hall–Kier alpha value is -6.16. The maximum atomic E-state index is 13.0. The molecule has 0 aliphatic rings. The molecule has 4 aromatic heterocycles. The lowest BCUT2D eigenvalue weighted by Crippen LogP contribution is -2.37. The fraction of sp³-hybridized carbons (Fsp3) is 0.320. The monoisotopic (exact) mass is 1010 g/mol. The van der Waals surface area contributed by atoms with E-state index in [-0.39, 0.29) is 22.4 Å². The number of hydrogen-bond acceptors (Lipinski definition) is 8. The van der Waals surface area contributed by atoms with Crippen LogP contribution in [0.25, 0.3) is 22.3 Å². The molecule has 0 saturated heterocycles. The highest BCUT2D eigenvalue weighted by atomic mass is 79.9. The molecule has 1 N–H and O–H groups in total. The topological polar surface area (TPSA) is 153 Å². The molecule has 4 heterocycles. The van der Waals surface area contributed by atoms with Gasteiger partial charge >= 0.3 is 17.4 Å². The zero-order chi connectivity index (χ0) is 49.1. The molecule has 8 rings (SSSR count). The van der Waals surface area contributed by atoms with Crippen LogP contribution in [0.15, 0.2) is 121 Å². The highest BCUT2D eigenvalue weighted by molar-refractivity contribution is 9.10. The zero-order valence-corrected chi connectivity index (χ0v) is 42.4. The van der Waals surface area contributed by atoms with Crippen LogP contribution in [-0.2, 0) is 65.0 Å². The molecule has 0 bridgehead atoms. The Morgan fingerprint density at radius 1 is 0.582 bits per heavy atom. The number of phenols is 1. The molecule has 14 nitrogen and oxygen atoms in total. The lowest BCUT2D eigenvalue weighted by Gasteiger charge is -2.19. The van der Waals surface area contributed by atoms with Gasteiger partial charge in [-0.15, -0.1) is 0 Å². The smallest absolute Gasteiger partial charge is 0.332 e. The van der Waals surface area contributed by atoms with E-state index < -0.39 is 16.9 Å². The van der Waals surface area contributed by atoms with Gasteiger partial charge in [0.25, 0.3) is 11.1 Å². The van der Waals surface area contributed by atoms with Crippen molar-refractivity contribution in [2.75, 3.05) is 0 Å². The first-order valence-electron chi connectivity index (χ1n) is 21.5. The third-order valence-electron chi connectivity index (χ3n) is 11.3. The summed E-state index contributed by atoms with van der Waals surface area (Å²) < 4.78 is 15.1. The molecular weight excluding hydrogens is 959 g/mol. The molecule has 0 fully saturated rings. The van der Waals surface area contributed by atoms with Gasteiger partial charge in [-0.05, 0) is 110 Å². The molecule has 8 aromatic rings. The molecule has 0 unspecified atom stereocenters. The van der Waals surface area contributed by atoms with Gasteiger partial charge in [-0.3, -0.25) is 32.4 Å². The van der Waals surface area contributed by atoms with E-state index in [2.05, 4.69) is 67.4 Å². The largest absolute Gasteiger partial charge is 0.508 e. The second-order valence-electron chi connectivity index (χ2n) is 18.3. The maximum absolute atomic E-state index is 13.0. The van der Waals surface area contributed by atoms with E-state index in [1.165, 1.54) is 28.8 Å². The first kappa shape index (κ1) is 50.3. The number of aromatic nitrogens is 8. The first-order valence-corrected chi connectivity index (χ1v) is 23.1. The van der Waals surface area contributed by atoms with Gasteiger partial charge in [-0.1, -0.05) is 113 Å². The Morgan fingerprint density at radius 3 is 1.48 bits per heavy atom. The van der Waals surface area contributed by atoms with Gasteiger partial charge in [-0.25, -0.2) is 14.6 Å². The number of rotatable bonds is 8. The number of nitrogens with zero attached hydrogens (tertiary/aromatic N) is 8. The minimum Gasteiger partial charge on any atom is -0.508 e. The van der Waals surface area contributed by atoms with Crippen LogP contribution in [0.3, 0.4) is 0 Å². The van der Waals surface area contributed by atoms with Crippen LogP contribution >= 0.6 is 39.1 Å². The number of ether oxygens (including phenoxy) is 1. The average Bonchev–Trinajstić information content (AvgIpc) is 3.82. The molecule has 0 radical (unpaired) electrons. The Bertz CT molecular complexity index is 3300. The highest BCUT2D eigenvalue weighted by Crippen LogP contribution is 2.29. The van der Waals surface area contributed by atoms with Crippen LogP contribution in [0.1, 0.15) is 63.8 Å². The molecule has 0 atom stereocenters. The van der Waals surface area contributed by atoms with Crippen molar-refractivity contribution in [3.05, 3.63) is 176 Å². The quantitative estimate of drug-likeness (QED) is 0.148. The predicted octanol–water partition coefficient (Wildman–Crippen LogP) is 9.20. The first-order chi connectivity index (χ1) is 31.5. The van der Waals surface area contributed by atoms with Crippen LogP contribution in [0.4, 0.5) is 0 Å². The summed E-state index contributed by atoms with van der Waals surface area (Å²) in [7, 11) is 6.14. The second kappa shape index (κ2) is 20.4. The van der Waals surface area contributed by atoms with E-state index in [9.17, 15) is 24.3 Å². The number of halogens is 3. The summed E-state index contributed by atoms with van der Waals surface area (Å²) >= 11 is 15.3. The van der Waals surface area contributed by atoms with Crippen molar-refractivity contribution in [1.29, 1.82) is 0 Å². The molecule has 17 heteroatoms. The standard InChI is InChI=1S/C25H27ClN4O3.C15H14BrClN4O2.C10H14O/c1-25(2,3)17-8-12-19(13-9-17)33-23-27-21-20(22(31)29(5)24(32)28(21)4)30(23)15-14-16-6-10-18(26)11-7-16;1-19-12-11(13(22)20(2)15(19)23)21(14(16)18-12)8-7-9-3-5-10(17)6-4-9;1-10(2,3)8-5-4-6-9(11)7-8/h6-13H,14-15H2,1-5H3;3-6H,7-8H2,1-2H3;4-7,11H,1-3H3. The molecule has 0 amide bonds. The Balaban J connectivity index is 0.000000188. The average molecular weight is 1010 g/mol. The van der Waals surface area contributed by atoms with Gasteiger partial charge in [0, 0.05) is 51.3 Å². The Kier molecular flexibility index (Phi) is 15.3. The molecule has 0 saturated carbocycles. The molecule has 0 spiro atoms. The summed E-state index contributed by atoms with van der Waals surface area (Å²) in [6.07, 6.45) is 1.35. The van der Waals surface area contributed by atoms with Gasteiger partial charge in [0.15, 0.2) is 27.1 Å². The SMILES string of the molecule is CC(C)(C)c1cccc(O)c1.Cn1c(=O)c2c(nc(Br)n2CCc2ccc(Cl)cc2)n(C)c1=O.Cn1c(=O)c2c(nc(Oc3ccc(C(C)(C)C)cc3)n2CCc2ccc(Cl)cc2)n(C)c1=O. The van der Waals surface area contributed by atoms with Crippen LogP contribution in [0.2, 0.25) is 10.0 Å². The third kappa shape index (κ3) is 11.5. The summed E-state index contributed by atoms with van der Waals surface area (Å²) in [6, 6.07) is 30.6. The van der Waals surface area contributed by atoms with Gasteiger partial charge in [0.2, 0.25) is 0 Å². The lowest BCUT2D eigenvalue weighted by atomic mass is 9.87. The van der Waals surface area contributed by atoms with Crippen molar-refractivity contribution in [2.45, 2.75) is 78.3 Å². The molecule has 0 aliphatic heterocycles. The van der Waals surface area contributed by atoms with Gasteiger partial charge in [0.05, 0.1) is 0 Å².